The summed E-state index contributed by atoms with van der Waals surface area (Å²) < 4.78 is 1.79. The normalized spacial score (nSPS) is 10.3. The van der Waals surface area contributed by atoms with Crippen LogP contribution in [0.3, 0.4) is 0 Å². The fraction of sp³-hybridized carbons (Fsp3) is 0.214. The third-order valence-corrected chi connectivity index (χ3v) is 3.10. The van der Waals surface area contributed by atoms with E-state index in [2.05, 4.69) is 10.3 Å². The number of hydrogen-bond donors (Lipinski definition) is 2. The molecule has 1 amide bonds. The molecule has 6 heteroatoms. The van der Waals surface area contributed by atoms with Crippen LogP contribution in [0.4, 0.5) is 0 Å². The summed E-state index contributed by atoms with van der Waals surface area (Å²) in [6.07, 6.45) is 1.41. The molecule has 2 N–H and O–H groups in total. The van der Waals surface area contributed by atoms with E-state index in [1.165, 1.54) is 18.3 Å². The Morgan fingerprint density at radius 2 is 2.10 bits per heavy atom. The summed E-state index contributed by atoms with van der Waals surface area (Å²) in [4.78, 5) is 26.9. The number of aryl methyl sites for hydroxylation is 1. The van der Waals surface area contributed by atoms with Crippen molar-refractivity contribution in [1.29, 1.82) is 0 Å². The second-order valence-electron chi connectivity index (χ2n) is 4.44. The van der Waals surface area contributed by atoms with Gasteiger partial charge in [0, 0.05) is 18.9 Å². The first-order valence-electron chi connectivity index (χ1n) is 6.08. The third kappa shape index (κ3) is 2.85. The van der Waals surface area contributed by atoms with Crippen LogP contribution in [0, 0.1) is 6.92 Å². The van der Waals surface area contributed by atoms with E-state index in [1.807, 2.05) is 20.0 Å². The topological polar surface area (TPSA) is 84.2 Å². The van der Waals surface area contributed by atoms with Crippen LogP contribution in [-0.4, -0.2) is 26.5 Å². The highest BCUT2D eigenvalue weighted by atomic mass is 16.4. The highest BCUT2D eigenvalue weighted by Gasteiger charge is 2.11. The van der Waals surface area contributed by atoms with Crippen LogP contribution in [0.15, 0.2) is 30.5 Å². The number of carbonyl (C=O) groups excluding carboxylic acids is 1. The summed E-state index contributed by atoms with van der Waals surface area (Å²) in [5, 5.41) is 11.6. The molecule has 0 atom stereocenters. The Morgan fingerprint density at radius 1 is 1.35 bits per heavy atom. The molecule has 2 aromatic rings. The molecule has 0 fully saturated rings. The van der Waals surface area contributed by atoms with Gasteiger partial charge in [0.1, 0.15) is 5.69 Å². The van der Waals surface area contributed by atoms with Crippen molar-refractivity contribution in [2.24, 2.45) is 7.05 Å². The van der Waals surface area contributed by atoms with Crippen molar-refractivity contribution in [3.05, 3.63) is 53.1 Å². The van der Waals surface area contributed by atoms with Gasteiger partial charge in [0.2, 0.25) is 0 Å². The maximum atomic E-state index is 12.0. The lowest BCUT2D eigenvalue weighted by Crippen LogP contribution is -2.25. The number of aromatic carboxylic acids is 1. The molecular formula is C14H15N3O3. The van der Waals surface area contributed by atoms with Crippen molar-refractivity contribution in [3.8, 4) is 0 Å². The quantitative estimate of drug-likeness (QED) is 0.880. The van der Waals surface area contributed by atoms with Gasteiger partial charge in [-0.1, -0.05) is 0 Å². The van der Waals surface area contributed by atoms with Crippen LogP contribution in [0.2, 0.25) is 0 Å². The Morgan fingerprint density at radius 3 is 2.70 bits per heavy atom. The largest absolute Gasteiger partial charge is 0.478 e. The summed E-state index contributed by atoms with van der Waals surface area (Å²) in [5.74, 6) is -1.24. The van der Waals surface area contributed by atoms with Gasteiger partial charge < -0.3 is 15.0 Å². The van der Waals surface area contributed by atoms with E-state index in [9.17, 15) is 9.59 Å². The third-order valence-electron chi connectivity index (χ3n) is 3.10. The number of rotatable bonds is 4. The van der Waals surface area contributed by atoms with Crippen molar-refractivity contribution >= 4 is 11.9 Å². The number of carboxylic acid groups (broad SMARTS) is 1. The Labute approximate surface area is 116 Å². The first-order valence-corrected chi connectivity index (χ1v) is 6.08. The Balaban J connectivity index is 2.05. The lowest BCUT2D eigenvalue weighted by molar-refractivity contribution is 0.0696. The van der Waals surface area contributed by atoms with Crippen molar-refractivity contribution in [2.75, 3.05) is 0 Å². The molecule has 0 aromatic carbocycles. The van der Waals surface area contributed by atoms with Crippen molar-refractivity contribution in [2.45, 2.75) is 13.5 Å². The lowest BCUT2D eigenvalue weighted by Gasteiger charge is -2.07. The molecule has 0 saturated heterocycles. The molecular weight excluding hydrogens is 258 g/mol. The lowest BCUT2D eigenvalue weighted by atomic mass is 10.2. The molecule has 2 aromatic heterocycles. The predicted octanol–water partition coefficient (Wildman–Crippen LogP) is 1.36. The van der Waals surface area contributed by atoms with E-state index in [0.29, 0.717) is 11.4 Å². The molecule has 2 heterocycles. The molecule has 6 nitrogen and oxygen atoms in total. The van der Waals surface area contributed by atoms with Crippen LogP contribution in [0.5, 0.6) is 0 Å². The molecule has 0 spiro atoms. The first-order chi connectivity index (χ1) is 9.49. The van der Waals surface area contributed by atoms with Gasteiger partial charge in [0.15, 0.2) is 0 Å². The zero-order valence-electron chi connectivity index (χ0n) is 11.3. The van der Waals surface area contributed by atoms with Crippen LogP contribution >= 0.6 is 0 Å². The van der Waals surface area contributed by atoms with E-state index in [0.717, 1.165) is 5.69 Å². The zero-order chi connectivity index (χ0) is 14.7. The molecule has 104 valence electrons. The smallest absolute Gasteiger partial charge is 0.335 e. The van der Waals surface area contributed by atoms with Gasteiger partial charge in [-0.15, -0.1) is 0 Å². The number of nitrogens with one attached hydrogen (secondary N) is 1. The van der Waals surface area contributed by atoms with Crippen LogP contribution < -0.4 is 5.32 Å². The molecule has 0 aliphatic carbocycles. The number of amides is 1. The molecule has 0 saturated carbocycles. The predicted molar refractivity (Wildman–Crippen MR) is 72.5 cm³/mol. The average Bonchev–Trinajstić information content (AvgIpc) is 2.77. The molecule has 0 radical (unpaired) electrons. The molecule has 2 rings (SSSR count). The number of pyridine rings is 1. The summed E-state index contributed by atoms with van der Waals surface area (Å²) in [7, 11) is 1.81. The summed E-state index contributed by atoms with van der Waals surface area (Å²) in [6, 6.07) is 6.46. The molecule has 20 heavy (non-hydrogen) atoms. The van der Waals surface area contributed by atoms with E-state index >= 15 is 0 Å². The van der Waals surface area contributed by atoms with Gasteiger partial charge in [0.25, 0.3) is 5.91 Å². The number of nitrogens with zero attached hydrogens (tertiary/aromatic N) is 2. The molecule has 0 aliphatic heterocycles. The summed E-state index contributed by atoms with van der Waals surface area (Å²) >= 11 is 0. The number of hydrogen-bond acceptors (Lipinski definition) is 3. The SMILES string of the molecule is Cc1ccc(C(=O)NCc2cc(C(=O)O)ccn2)n1C. The van der Waals surface area contributed by atoms with Crippen molar-refractivity contribution < 1.29 is 14.7 Å². The molecule has 0 aliphatic rings. The monoisotopic (exact) mass is 273 g/mol. The minimum absolute atomic E-state index is 0.152. The van der Waals surface area contributed by atoms with Crippen LogP contribution in [0.25, 0.3) is 0 Å². The Kier molecular flexibility index (Phi) is 3.84. The fourth-order valence-electron chi connectivity index (χ4n) is 1.81. The number of aromatic nitrogens is 2. The summed E-state index contributed by atoms with van der Waals surface area (Å²) in [5.41, 5.74) is 2.20. The van der Waals surface area contributed by atoms with Gasteiger partial charge in [-0.05, 0) is 31.2 Å². The Bertz CT molecular complexity index is 661. The minimum atomic E-state index is -1.02. The zero-order valence-corrected chi connectivity index (χ0v) is 11.3. The molecule has 0 bridgehead atoms. The van der Waals surface area contributed by atoms with Crippen LogP contribution in [-0.2, 0) is 13.6 Å². The first kappa shape index (κ1) is 13.8. The average molecular weight is 273 g/mol. The summed E-state index contributed by atoms with van der Waals surface area (Å²) in [6.45, 7) is 2.10. The van der Waals surface area contributed by atoms with Gasteiger partial charge in [0.05, 0.1) is 17.8 Å². The van der Waals surface area contributed by atoms with E-state index in [-0.39, 0.29) is 18.0 Å². The van der Waals surface area contributed by atoms with Crippen molar-refractivity contribution in [3.63, 3.8) is 0 Å². The maximum absolute atomic E-state index is 12.0. The highest BCUT2D eigenvalue weighted by Crippen LogP contribution is 2.06. The van der Waals surface area contributed by atoms with E-state index < -0.39 is 5.97 Å². The fourth-order valence-corrected chi connectivity index (χ4v) is 1.81. The second-order valence-corrected chi connectivity index (χ2v) is 4.44. The highest BCUT2D eigenvalue weighted by molar-refractivity contribution is 5.92. The van der Waals surface area contributed by atoms with Gasteiger partial charge in [-0.25, -0.2) is 4.79 Å². The molecule has 0 unspecified atom stereocenters. The van der Waals surface area contributed by atoms with Crippen LogP contribution in [0.1, 0.15) is 32.2 Å². The number of carboxylic acids is 1. The van der Waals surface area contributed by atoms with Gasteiger partial charge in [-0.3, -0.25) is 9.78 Å². The van der Waals surface area contributed by atoms with E-state index in [4.69, 9.17) is 5.11 Å². The minimum Gasteiger partial charge on any atom is -0.478 e. The van der Waals surface area contributed by atoms with Gasteiger partial charge >= 0.3 is 5.97 Å². The Hall–Kier alpha value is -2.63. The van der Waals surface area contributed by atoms with Gasteiger partial charge in [-0.2, -0.15) is 0 Å². The van der Waals surface area contributed by atoms with Crippen molar-refractivity contribution in [1.82, 2.24) is 14.9 Å². The number of carbonyl (C=O) groups is 2. The standard InChI is InChI=1S/C14H15N3O3/c1-9-3-4-12(17(9)2)13(18)16-8-11-7-10(14(19)20)5-6-15-11/h3-7H,8H2,1-2H3,(H,16,18)(H,19,20). The second kappa shape index (κ2) is 5.56. The maximum Gasteiger partial charge on any atom is 0.335 e. The van der Waals surface area contributed by atoms with E-state index in [1.54, 1.807) is 10.6 Å².